The smallest absolute Gasteiger partial charge is 0.222 e. The van der Waals surface area contributed by atoms with Gasteiger partial charge in [-0.3, -0.25) is 9.20 Å². The lowest BCUT2D eigenvalue weighted by molar-refractivity contribution is -0.133. The standard InChI is InChI=1S/C24H31N3O2S/c1-17(2)13-23(28)26(14-21-5-4-12-29-21)11-10-20-16-30-24-25-22(15-27(20)24)19-8-6-18(3)7-9-19/h6-9,15-17,21H,4-5,10-14H2,1-3H3. The third-order valence-corrected chi connectivity index (χ3v) is 6.54. The quantitative estimate of drug-likeness (QED) is 0.512. The molecule has 3 heterocycles. The molecular formula is C24H31N3O2S. The second-order valence-corrected chi connectivity index (χ2v) is 9.53. The SMILES string of the molecule is Cc1ccc(-c2cn3c(CCN(CC4CCCO4)C(=O)CC(C)C)csc3n2)cc1. The Morgan fingerprint density at radius 3 is 2.83 bits per heavy atom. The van der Waals surface area contributed by atoms with Crippen molar-refractivity contribution >= 4 is 22.2 Å². The highest BCUT2D eigenvalue weighted by molar-refractivity contribution is 7.15. The van der Waals surface area contributed by atoms with E-state index in [1.54, 1.807) is 11.3 Å². The minimum atomic E-state index is 0.185. The fraction of sp³-hybridized carbons (Fsp3) is 0.500. The zero-order valence-electron chi connectivity index (χ0n) is 18.1. The van der Waals surface area contributed by atoms with Crippen molar-refractivity contribution in [3.63, 3.8) is 0 Å². The van der Waals surface area contributed by atoms with E-state index < -0.39 is 0 Å². The molecule has 0 radical (unpaired) electrons. The molecule has 1 aliphatic heterocycles. The van der Waals surface area contributed by atoms with Crippen LogP contribution in [0.4, 0.5) is 0 Å². The summed E-state index contributed by atoms with van der Waals surface area (Å²) in [5.41, 5.74) is 4.58. The van der Waals surface area contributed by atoms with Crippen LogP contribution in [0.1, 0.15) is 44.4 Å². The van der Waals surface area contributed by atoms with E-state index in [1.165, 1.54) is 11.3 Å². The number of nitrogens with zero attached hydrogens (tertiary/aromatic N) is 3. The molecule has 1 aliphatic rings. The van der Waals surface area contributed by atoms with Crippen molar-refractivity contribution in [3.8, 4) is 11.3 Å². The normalized spacial score (nSPS) is 16.6. The number of rotatable bonds is 8. The van der Waals surface area contributed by atoms with Gasteiger partial charge in [-0.1, -0.05) is 43.7 Å². The molecule has 0 aliphatic carbocycles. The van der Waals surface area contributed by atoms with Crippen LogP contribution >= 0.6 is 11.3 Å². The van der Waals surface area contributed by atoms with Crippen LogP contribution in [0.25, 0.3) is 16.2 Å². The summed E-state index contributed by atoms with van der Waals surface area (Å²) in [6, 6.07) is 8.48. The Morgan fingerprint density at radius 1 is 1.33 bits per heavy atom. The summed E-state index contributed by atoms with van der Waals surface area (Å²) < 4.78 is 7.98. The van der Waals surface area contributed by atoms with Crippen LogP contribution in [0.15, 0.2) is 35.8 Å². The van der Waals surface area contributed by atoms with E-state index in [-0.39, 0.29) is 12.0 Å². The van der Waals surface area contributed by atoms with Gasteiger partial charge in [0, 0.05) is 55.4 Å². The highest BCUT2D eigenvalue weighted by Gasteiger charge is 2.23. The largest absolute Gasteiger partial charge is 0.376 e. The number of aryl methyl sites for hydroxylation is 1. The van der Waals surface area contributed by atoms with Crippen molar-refractivity contribution < 1.29 is 9.53 Å². The number of carbonyl (C=O) groups excluding carboxylic acids is 1. The molecule has 3 aromatic rings. The summed E-state index contributed by atoms with van der Waals surface area (Å²) in [7, 11) is 0. The topological polar surface area (TPSA) is 46.8 Å². The number of amides is 1. The Bertz CT molecular complexity index is 984. The Morgan fingerprint density at radius 2 is 2.13 bits per heavy atom. The van der Waals surface area contributed by atoms with Gasteiger partial charge in [-0.25, -0.2) is 4.98 Å². The number of hydrogen-bond donors (Lipinski definition) is 0. The van der Waals surface area contributed by atoms with E-state index in [0.717, 1.165) is 48.6 Å². The molecule has 1 fully saturated rings. The van der Waals surface area contributed by atoms with Gasteiger partial charge in [0.1, 0.15) is 0 Å². The van der Waals surface area contributed by atoms with E-state index in [1.807, 2.05) is 4.90 Å². The summed E-state index contributed by atoms with van der Waals surface area (Å²) in [5, 5.41) is 2.17. The van der Waals surface area contributed by atoms with Crippen LogP contribution in [-0.2, 0) is 16.0 Å². The third kappa shape index (κ3) is 4.93. The van der Waals surface area contributed by atoms with Crippen LogP contribution in [-0.4, -0.2) is 46.0 Å². The van der Waals surface area contributed by atoms with E-state index in [2.05, 4.69) is 61.0 Å². The monoisotopic (exact) mass is 425 g/mol. The van der Waals surface area contributed by atoms with Gasteiger partial charge in [0.15, 0.2) is 4.96 Å². The fourth-order valence-electron chi connectivity index (χ4n) is 3.95. The summed E-state index contributed by atoms with van der Waals surface area (Å²) in [6.45, 7) is 8.54. The highest BCUT2D eigenvalue weighted by Crippen LogP contribution is 2.24. The average Bonchev–Trinajstić information content (AvgIpc) is 3.43. The maximum Gasteiger partial charge on any atom is 0.222 e. The maximum atomic E-state index is 12.8. The van der Waals surface area contributed by atoms with Crippen LogP contribution < -0.4 is 0 Å². The minimum absolute atomic E-state index is 0.185. The van der Waals surface area contributed by atoms with Gasteiger partial charge in [-0.05, 0) is 25.7 Å². The predicted octanol–water partition coefficient (Wildman–Crippen LogP) is 4.97. The van der Waals surface area contributed by atoms with Gasteiger partial charge < -0.3 is 9.64 Å². The van der Waals surface area contributed by atoms with E-state index in [0.29, 0.717) is 18.9 Å². The van der Waals surface area contributed by atoms with Gasteiger partial charge >= 0.3 is 0 Å². The molecule has 1 saturated heterocycles. The van der Waals surface area contributed by atoms with Crippen LogP contribution in [0, 0.1) is 12.8 Å². The number of benzene rings is 1. The summed E-state index contributed by atoms with van der Waals surface area (Å²) >= 11 is 1.66. The molecule has 2 aromatic heterocycles. The molecule has 30 heavy (non-hydrogen) atoms. The van der Waals surface area contributed by atoms with Crippen molar-refractivity contribution in [2.45, 2.75) is 52.6 Å². The first-order valence-corrected chi connectivity index (χ1v) is 11.8. The minimum Gasteiger partial charge on any atom is -0.376 e. The molecule has 1 atom stereocenters. The second-order valence-electron chi connectivity index (χ2n) is 8.69. The van der Waals surface area contributed by atoms with Gasteiger partial charge in [0.2, 0.25) is 5.91 Å². The molecule has 160 valence electrons. The van der Waals surface area contributed by atoms with Crippen molar-refractivity contribution in [1.82, 2.24) is 14.3 Å². The molecule has 0 saturated carbocycles. The van der Waals surface area contributed by atoms with Crippen LogP contribution in [0.3, 0.4) is 0 Å². The highest BCUT2D eigenvalue weighted by atomic mass is 32.1. The summed E-state index contributed by atoms with van der Waals surface area (Å²) in [6.07, 6.45) is 5.86. The molecule has 1 aromatic carbocycles. The van der Waals surface area contributed by atoms with E-state index in [4.69, 9.17) is 9.72 Å². The number of fused-ring (bicyclic) bond motifs is 1. The van der Waals surface area contributed by atoms with Gasteiger partial charge in [0.25, 0.3) is 0 Å². The predicted molar refractivity (Wildman–Crippen MR) is 122 cm³/mol. The Kier molecular flexibility index (Phi) is 6.54. The molecule has 1 unspecified atom stereocenters. The molecule has 4 rings (SSSR count). The number of thiazole rings is 1. The van der Waals surface area contributed by atoms with E-state index >= 15 is 0 Å². The van der Waals surface area contributed by atoms with Crippen molar-refractivity contribution in [2.24, 2.45) is 5.92 Å². The van der Waals surface area contributed by atoms with Crippen molar-refractivity contribution in [2.75, 3.05) is 19.7 Å². The Hall–Kier alpha value is -2.18. The Balaban J connectivity index is 1.48. The van der Waals surface area contributed by atoms with Gasteiger partial charge in [-0.2, -0.15) is 0 Å². The summed E-state index contributed by atoms with van der Waals surface area (Å²) in [4.78, 5) is 20.6. The molecule has 1 amide bonds. The van der Waals surface area contributed by atoms with E-state index in [9.17, 15) is 4.79 Å². The lowest BCUT2D eigenvalue weighted by Gasteiger charge is -2.26. The number of imidazole rings is 1. The second kappa shape index (κ2) is 9.31. The zero-order chi connectivity index (χ0) is 21.1. The first-order chi connectivity index (χ1) is 14.5. The maximum absolute atomic E-state index is 12.8. The number of hydrogen-bond acceptors (Lipinski definition) is 4. The average molecular weight is 426 g/mol. The Labute approximate surface area is 182 Å². The number of aromatic nitrogens is 2. The van der Waals surface area contributed by atoms with Crippen molar-refractivity contribution in [1.29, 1.82) is 0 Å². The number of ether oxygens (including phenoxy) is 1. The first kappa shape index (κ1) is 21.1. The molecule has 5 nitrogen and oxygen atoms in total. The molecule has 0 bridgehead atoms. The zero-order valence-corrected chi connectivity index (χ0v) is 19.0. The van der Waals surface area contributed by atoms with Crippen LogP contribution in [0.2, 0.25) is 0 Å². The third-order valence-electron chi connectivity index (χ3n) is 5.65. The van der Waals surface area contributed by atoms with Gasteiger partial charge in [0.05, 0.1) is 11.8 Å². The molecule has 0 spiro atoms. The fourth-order valence-corrected chi connectivity index (χ4v) is 4.86. The lowest BCUT2D eigenvalue weighted by atomic mass is 10.1. The van der Waals surface area contributed by atoms with Crippen molar-refractivity contribution in [3.05, 3.63) is 47.1 Å². The lowest BCUT2D eigenvalue weighted by Crippen LogP contribution is -2.39. The first-order valence-electron chi connectivity index (χ1n) is 10.9. The van der Waals surface area contributed by atoms with Crippen LogP contribution in [0.5, 0.6) is 0 Å². The molecular weight excluding hydrogens is 394 g/mol. The summed E-state index contributed by atoms with van der Waals surface area (Å²) in [5.74, 6) is 0.598. The molecule has 0 N–H and O–H groups in total. The number of carbonyl (C=O) groups is 1. The molecule has 6 heteroatoms. The van der Waals surface area contributed by atoms with Gasteiger partial charge in [-0.15, -0.1) is 11.3 Å².